The first-order valence-electron chi connectivity index (χ1n) is 11.1. The predicted molar refractivity (Wildman–Crippen MR) is 111 cm³/mol. The summed E-state index contributed by atoms with van der Waals surface area (Å²) in [5, 5.41) is 0. The molecule has 0 aliphatic rings. The lowest BCUT2D eigenvalue weighted by molar-refractivity contribution is -0.882. The number of carbonyl (C=O) groups is 1. The topological polar surface area (TPSA) is 43.1 Å². The van der Waals surface area contributed by atoms with Crippen molar-refractivity contribution in [3.8, 4) is 0 Å². The van der Waals surface area contributed by atoms with Gasteiger partial charge in [0.2, 0.25) is 0 Å². The number of halogens is 1. The molecule has 0 aromatic carbocycles. The molecule has 0 saturated carbocycles. The second-order valence-corrected chi connectivity index (χ2v) is 8.49. The van der Waals surface area contributed by atoms with Crippen molar-refractivity contribution < 1.29 is 21.7 Å². The zero-order chi connectivity index (χ0) is 18.8. The van der Waals surface area contributed by atoms with Gasteiger partial charge in [-0.3, -0.25) is 4.79 Å². The molecule has 0 aromatic heterocycles. The molecular weight excluding hydrogens is 344 g/mol. The lowest BCUT2D eigenvalue weighted by Crippen LogP contribution is -3.00. The van der Waals surface area contributed by atoms with Crippen molar-refractivity contribution in [1.82, 2.24) is 0 Å². The number of hydrogen-bond acceptors (Lipinski definition) is 2. The minimum Gasteiger partial charge on any atom is -1.00 e. The molecule has 0 aromatic rings. The van der Waals surface area contributed by atoms with E-state index in [1.54, 1.807) is 0 Å². The van der Waals surface area contributed by atoms with Crippen LogP contribution in [0.15, 0.2) is 0 Å². The average Bonchev–Trinajstić information content (AvgIpc) is 2.57. The molecular formula is C22H47ClN2O. The Labute approximate surface area is 170 Å². The van der Waals surface area contributed by atoms with Gasteiger partial charge in [0.1, 0.15) is 6.54 Å². The largest absolute Gasteiger partial charge is 1.00 e. The third kappa shape index (κ3) is 20.2. The number of nitrogens with two attached hydrogens (primary N) is 1. The van der Waals surface area contributed by atoms with Crippen LogP contribution in [0.5, 0.6) is 0 Å². The highest BCUT2D eigenvalue weighted by atomic mass is 35.5. The van der Waals surface area contributed by atoms with Gasteiger partial charge in [-0.1, -0.05) is 84.0 Å². The Hall–Kier alpha value is -0.120. The lowest BCUT2D eigenvalue weighted by Gasteiger charge is -2.28. The molecule has 2 N–H and O–H groups in total. The summed E-state index contributed by atoms with van der Waals surface area (Å²) in [5.41, 5.74) is 5.56. The van der Waals surface area contributed by atoms with E-state index < -0.39 is 0 Å². The van der Waals surface area contributed by atoms with E-state index in [1.807, 2.05) is 0 Å². The van der Waals surface area contributed by atoms with E-state index in [9.17, 15) is 4.79 Å². The van der Waals surface area contributed by atoms with Gasteiger partial charge < -0.3 is 22.6 Å². The maximum atomic E-state index is 12.1. The summed E-state index contributed by atoms with van der Waals surface area (Å²) in [5.74, 6) is 0.421. The van der Waals surface area contributed by atoms with Gasteiger partial charge in [-0.15, -0.1) is 0 Å². The van der Waals surface area contributed by atoms with E-state index in [4.69, 9.17) is 5.73 Å². The monoisotopic (exact) mass is 390 g/mol. The van der Waals surface area contributed by atoms with Crippen molar-refractivity contribution >= 4 is 5.78 Å². The normalized spacial score (nSPS) is 11.4. The number of carbonyl (C=O) groups excluding carboxylic acids is 1. The molecule has 0 aliphatic heterocycles. The first-order chi connectivity index (χ1) is 12.0. The van der Waals surface area contributed by atoms with Crippen molar-refractivity contribution in [2.24, 2.45) is 5.73 Å². The standard InChI is InChI=1S/C22H47N2O.ClH/c1-4-5-6-7-8-9-10-11-12-13-14-15-16-18-22(25)21-24(2,3)20-17-19-23;/h4-21,23H2,1-3H3;1H/q+1;/p-1. The minimum absolute atomic E-state index is 0. The van der Waals surface area contributed by atoms with Gasteiger partial charge in [-0.05, 0) is 13.0 Å². The fourth-order valence-electron chi connectivity index (χ4n) is 3.49. The van der Waals surface area contributed by atoms with Crippen LogP contribution in [0.3, 0.4) is 0 Å². The number of nitrogens with zero attached hydrogens (tertiary/aromatic N) is 1. The number of ketones is 1. The van der Waals surface area contributed by atoms with Crippen LogP contribution in [0, 0.1) is 0 Å². The smallest absolute Gasteiger partial charge is 0.186 e. The number of unbranched alkanes of at least 4 members (excludes halogenated alkanes) is 12. The average molecular weight is 391 g/mol. The summed E-state index contributed by atoms with van der Waals surface area (Å²) in [6.45, 7) is 4.66. The molecule has 0 fully saturated rings. The van der Waals surface area contributed by atoms with E-state index in [1.165, 1.54) is 77.0 Å². The third-order valence-corrected chi connectivity index (χ3v) is 5.13. The second kappa shape index (κ2) is 19.6. The van der Waals surface area contributed by atoms with Crippen molar-refractivity contribution in [2.75, 3.05) is 33.7 Å². The number of hydrogen-bond donors (Lipinski definition) is 1. The van der Waals surface area contributed by atoms with Gasteiger partial charge in [0.25, 0.3) is 0 Å². The molecule has 0 spiro atoms. The SMILES string of the molecule is CCCCCCCCCCCCCCCC(=O)C[N+](C)(C)CCCN.[Cl-]. The third-order valence-electron chi connectivity index (χ3n) is 5.13. The summed E-state index contributed by atoms with van der Waals surface area (Å²) in [6, 6.07) is 0. The van der Waals surface area contributed by atoms with Crippen molar-refractivity contribution in [3.05, 3.63) is 0 Å². The van der Waals surface area contributed by atoms with E-state index in [2.05, 4.69) is 21.0 Å². The summed E-state index contributed by atoms with van der Waals surface area (Å²) in [7, 11) is 4.27. The molecule has 26 heavy (non-hydrogen) atoms. The Balaban J connectivity index is 0. The highest BCUT2D eigenvalue weighted by Crippen LogP contribution is 2.13. The fourth-order valence-corrected chi connectivity index (χ4v) is 3.49. The van der Waals surface area contributed by atoms with E-state index in [0.29, 0.717) is 18.9 Å². The van der Waals surface area contributed by atoms with Gasteiger partial charge in [0.05, 0.1) is 20.6 Å². The molecule has 0 amide bonds. The predicted octanol–water partition coefficient (Wildman–Crippen LogP) is 2.47. The summed E-state index contributed by atoms with van der Waals surface area (Å²) < 4.78 is 0.786. The quantitative estimate of drug-likeness (QED) is 0.272. The van der Waals surface area contributed by atoms with E-state index in [-0.39, 0.29) is 12.4 Å². The molecule has 0 unspecified atom stereocenters. The van der Waals surface area contributed by atoms with E-state index >= 15 is 0 Å². The Morgan fingerprint density at radius 2 is 1.15 bits per heavy atom. The van der Waals surface area contributed by atoms with Crippen LogP contribution in [0.2, 0.25) is 0 Å². The van der Waals surface area contributed by atoms with Crippen LogP contribution in [0.1, 0.15) is 103 Å². The molecule has 4 heteroatoms. The first-order valence-corrected chi connectivity index (χ1v) is 11.1. The number of rotatable bonds is 19. The summed E-state index contributed by atoms with van der Waals surface area (Å²) >= 11 is 0. The molecule has 3 nitrogen and oxygen atoms in total. The molecule has 0 aliphatic carbocycles. The van der Waals surface area contributed by atoms with Gasteiger partial charge in [-0.2, -0.15) is 0 Å². The molecule has 0 bridgehead atoms. The molecule has 0 atom stereocenters. The zero-order valence-electron chi connectivity index (χ0n) is 18.0. The van der Waals surface area contributed by atoms with Crippen molar-refractivity contribution in [1.29, 1.82) is 0 Å². The fraction of sp³-hybridized carbons (Fsp3) is 0.955. The highest BCUT2D eigenvalue weighted by molar-refractivity contribution is 5.79. The summed E-state index contributed by atoms with van der Waals surface area (Å²) in [6.07, 6.45) is 19.4. The maximum absolute atomic E-state index is 12.1. The van der Waals surface area contributed by atoms with Gasteiger partial charge in [-0.25, -0.2) is 0 Å². The molecule has 0 saturated heterocycles. The zero-order valence-corrected chi connectivity index (χ0v) is 18.8. The Morgan fingerprint density at radius 3 is 1.58 bits per heavy atom. The number of Topliss-reactive ketones (excluding diaryl/α,β-unsaturated/α-hetero) is 1. The highest BCUT2D eigenvalue weighted by Gasteiger charge is 2.18. The molecule has 0 radical (unpaired) electrons. The van der Waals surface area contributed by atoms with E-state index in [0.717, 1.165) is 30.3 Å². The van der Waals surface area contributed by atoms with Gasteiger partial charge >= 0.3 is 0 Å². The van der Waals surface area contributed by atoms with Crippen molar-refractivity contribution in [2.45, 2.75) is 103 Å². The van der Waals surface area contributed by atoms with Crippen LogP contribution in [-0.4, -0.2) is 44.0 Å². The lowest BCUT2D eigenvalue weighted by atomic mass is 10.0. The van der Waals surface area contributed by atoms with Crippen LogP contribution in [0.4, 0.5) is 0 Å². The van der Waals surface area contributed by atoms with Crippen LogP contribution < -0.4 is 18.1 Å². The Morgan fingerprint density at radius 1 is 0.731 bits per heavy atom. The molecule has 158 valence electrons. The minimum atomic E-state index is 0. The summed E-state index contributed by atoms with van der Waals surface area (Å²) in [4.78, 5) is 12.1. The maximum Gasteiger partial charge on any atom is 0.186 e. The number of quaternary nitrogens is 1. The molecule has 0 heterocycles. The molecule has 0 rings (SSSR count). The van der Waals surface area contributed by atoms with Crippen LogP contribution >= 0.6 is 0 Å². The van der Waals surface area contributed by atoms with Crippen molar-refractivity contribution in [3.63, 3.8) is 0 Å². The Bertz CT molecular complexity index is 309. The van der Waals surface area contributed by atoms with Gasteiger partial charge in [0.15, 0.2) is 5.78 Å². The second-order valence-electron chi connectivity index (χ2n) is 8.49. The first kappa shape index (κ1) is 28.1. The van der Waals surface area contributed by atoms with Crippen LogP contribution in [-0.2, 0) is 4.79 Å². The Kier molecular flexibility index (Phi) is 21.2. The number of likely N-dealkylation sites (N-methyl/N-ethyl adjacent to an activating group) is 1. The van der Waals surface area contributed by atoms with Crippen LogP contribution in [0.25, 0.3) is 0 Å². The van der Waals surface area contributed by atoms with Gasteiger partial charge in [0, 0.05) is 12.8 Å².